The Labute approximate surface area is 146 Å². The average molecular weight is 371 g/mol. The van der Waals surface area contributed by atoms with Gasteiger partial charge in [0.25, 0.3) is 0 Å². The molecule has 0 aliphatic carbocycles. The van der Waals surface area contributed by atoms with E-state index in [4.69, 9.17) is 5.73 Å². The Kier molecular flexibility index (Phi) is 6.02. The van der Waals surface area contributed by atoms with E-state index in [9.17, 15) is 22.8 Å². The summed E-state index contributed by atoms with van der Waals surface area (Å²) < 4.78 is 38.0. The number of thiophene rings is 1. The summed E-state index contributed by atoms with van der Waals surface area (Å²) in [5.41, 5.74) is 4.67. The molecule has 2 rings (SSSR count). The van der Waals surface area contributed by atoms with Crippen LogP contribution in [0.2, 0.25) is 0 Å². The van der Waals surface area contributed by atoms with Gasteiger partial charge in [-0.15, -0.1) is 11.3 Å². The number of nitrogens with two attached hydrogens (primary N) is 1. The zero-order valence-electron chi connectivity index (χ0n) is 13.0. The second kappa shape index (κ2) is 8.02. The number of nitrogens with one attached hydrogen (secondary N) is 2. The quantitative estimate of drug-likeness (QED) is 0.729. The second-order valence-corrected chi connectivity index (χ2v) is 6.23. The minimum Gasteiger partial charge on any atom is -0.352 e. The van der Waals surface area contributed by atoms with Crippen LogP contribution in [0.1, 0.15) is 28.5 Å². The van der Waals surface area contributed by atoms with Crippen LogP contribution in [-0.4, -0.2) is 11.9 Å². The first-order chi connectivity index (χ1) is 11.8. The Morgan fingerprint density at radius 2 is 1.96 bits per heavy atom. The Hall–Kier alpha value is -2.55. The molecule has 134 valence electrons. The lowest BCUT2D eigenvalue weighted by atomic mass is 10.1. The molecule has 0 spiro atoms. The molecular weight excluding hydrogens is 355 g/mol. The molecule has 25 heavy (non-hydrogen) atoms. The molecule has 0 radical (unpaired) electrons. The predicted octanol–water partition coefficient (Wildman–Crippen LogP) is 3.18. The summed E-state index contributed by atoms with van der Waals surface area (Å²) in [5.74, 6) is -0.412. The Balaban J connectivity index is 1.96. The van der Waals surface area contributed by atoms with Crippen LogP contribution in [0.3, 0.4) is 0 Å². The molecule has 1 atom stereocenters. The Morgan fingerprint density at radius 3 is 2.56 bits per heavy atom. The fraction of sp³-hybridized carbons (Fsp3) is 0.250. The molecule has 9 heteroatoms. The van der Waals surface area contributed by atoms with Crippen LogP contribution < -0.4 is 16.4 Å². The molecule has 4 N–H and O–H groups in total. The summed E-state index contributed by atoms with van der Waals surface area (Å²) in [7, 11) is 0. The van der Waals surface area contributed by atoms with Crippen LogP contribution in [0, 0.1) is 0 Å². The van der Waals surface area contributed by atoms with Crippen LogP contribution >= 0.6 is 11.3 Å². The van der Waals surface area contributed by atoms with Gasteiger partial charge in [0.2, 0.25) is 5.91 Å². The highest BCUT2D eigenvalue weighted by Gasteiger charge is 2.30. The Bertz CT molecular complexity index is 732. The number of rotatable bonds is 6. The lowest BCUT2D eigenvalue weighted by molar-refractivity contribution is -0.137. The maximum absolute atomic E-state index is 12.7. The van der Waals surface area contributed by atoms with Crippen molar-refractivity contribution >= 4 is 23.3 Å². The number of halogens is 3. The van der Waals surface area contributed by atoms with Crippen LogP contribution in [0.15, 0.2) is 41.8 Å². The Morgan fingerprint density at radius 1 is 1.20 bits per heavy atom. The van der Waals surface area contributed by atoms with E-state index in [1.807, 2.05) is 0 Å². The van der Waals surface area contributed by atoms with Crippen molar-refractivity contribution in [3.63, 3.8) is 0 Å². The predicted molar refractivity (Wildman–Crippen MR) is 87.7 cm³/mol. The number of hydrogen-bond acceptors (Lipinski definition) is 3. The first kappa shape index (κ1) is 18.8. The summed E-state index contributed by atoms with van der Waals surface area (Å²) in [4.78, 5) is 23.9. The molecule has 0 unspecified atom stereocenters. The van der Waals surface area contributed by atoms with Gasteiger partial charge in [0, 0.05) is 11.4 Å². The van der Waals surface area contributed by atoms with Crippen LogP contribution in [0.5, 0.6) is 0 Å². The number of benzene rings is 1. The highest BCUT2D eigenvalue weighted by atomic mass is 32.1. The fourth-order valence-corrected chi connectivity index (χ4v) is 2.98. The normalized spacial score (nSPS) is 12.4. The van der Waals surface area contributed by atoms with Gasteiger partial charge in [-0.2, -0.15) is 13.2 Å². The molecule has 0 saturated carbocycles. The molecule has 1 heterocycles. The summed E-state index contributed by atoms with van der Waals surface area (Å²) in [6.45, 7) is -0.0452. The minimum atomic E-state index is -4.43. The number of primary amides is 1. The third kappa shape index (κ3) is 5.79. The SMILES string of the molecule is NC(=O)N[C@@H](CC(=O)NCc1cccc(C(F)(F)F)c1)c1cccs1. The van der Waals surface area contributed by atoms with Crippen molar-refractivity contribution in [3.8, 4) is 0 Å². The summed E-state index contributed by atoms with van der Waals surface area (Å²) in [6.07, 6.45) is -4.50. The van der Waals surface area contributed by atoms with Gasteiger partial charge < -0.3 is 16.4 Å². The molecule has 5 nitrogen and oxygen atoms in total. The second-order valence-electron chi connectivity index (χ2n) is 5.26. The van der Waals surface area contributed by atoms with Crippen molar-refractivity contribution in [2.24, 2.45) is 5.73 Å². The molecule has 0 aliphatic heterocycles. The van der Waals surface area contributed by atoms with E-state index in [1.165, 1.54) is 23.5 Å². The van der Waals surface area contributed by atoms with E-state index < -0.39 is 29.7 Å². The molecule has 1 aromatic carbocycles. The van der Waals surface area contributed by atoms with E-state index in [0.29, 0.717) is 5.56 Å². The molecule has 1 aromatic heterocycles. The third-order valence-electron chi connectivity index (χ3n) is 3.34. The van der Waals surface area contributed by atoms with Crippen LogP contribution in [0.4, 0.5) is 18.0 Å². The maximum atomic E-state index is 12.7. The fourth-order valence-electron chi connectivity index (χ4n) is 2.20. The van der Waals surface area contributed by atoms with Gasteiger partial charge in [-0.3, -0.25) is 4.79 Å². The molecule has 0 bridgehead atoms. The number of alkyl halides is 3. The molecule has 0 aliphatic rings. The first-order valence-electron chi connectivity index (χ1n) is 7.28. The van der Waals surface area contributed by atoms with E-state index >= 15 is 0 Å². The lowest BCUT2D eigenvalue weighted by Crippen LogP contribution is -2.36. The monoisotopic (exact) mass is 371 g/mol. The third-order valence-corrected chi connectivity index (χ3v) is 4.32. The van der Waals surface area contributed by atoms with Gasteiger partial charge in [0.15, 0.2) is 0 Å². The highest BCUT2D eigenvalue weighted by molar-refractivity contribution is 7.10. The molecular formula is C16H16F3N3O2S. The van der Waals surface area contributed by atoms with Gasteiger partial charge in [0.05, 0.1) is 18.0 Å². The molecule has 2 aromatic rings. The maximum Gasteiger partial charge on any atom is 0.416 e. The van der Waals surface area contributed by atoms with Crippen molar-refractivity contribution in [1.29, 1.82) is 0 Å². The number of carbonyl (C=O) groups excluding carboxylic acids is 2. The number of amides is 3. The number of urea groups is 1. The van der Waals surface area contributed by atoms with Gasteiger partial charge in [0.1, 0.15) is 0 Å². The van der Waals surface area contributed by atoms with Crippen molar-refractivity contribution in [1.82, 2.24) is 10.6 Å². The molecule has 3 amide bonds. The van der Waals surface area contributed by atoms with E-state index in [2.05, 4.69) is 10.6 Å². The highest BCUT2D eigenvalue weighted by Crippen LogP contribution is 2.29. The van der Waals surface area contributed by atoms with Crippen molar-refractivity contribution in [2.75, 3.05) is 0 Å². The topological polar surface area (TPSA) is 84.2 Å². The average Bonchev–Trinajstić information content (AvgIpc) is 3.06. The van der Waals surface area contributed by atoms with Gasteiger partial charge in [-0.25, -0.2) is 4.79 Å². The van der Waals surface area contributed by atoms with Gasteiger partial charge in [-0.1, -0.05) is 18.2 Å². The summed E-state index contributed by atoms with van der Waals surface area (Å²) >= 11 is 1.36. The molecule has 0 fully saturated rings. The number of hydrogen-bond donors (Lipinski definition) is 3. The minimum absolute atomic E-state index is 0.0452. The van der Waals surface area contributed by atoms with E-state index in [-0.39, 0.29) is 13.0 Å². The summed E-state index contributed by atoms with van der Waals surface area (Å²) in [6, 6.07) is 6.92. The smallest absolute Gasteiger partial charge is 0.352 e. The van der Waals surface area contributed by atoms with Crippen molar-refractivity contribution in [3.05, 3.63) is 57.8 Å². The van der Waals surface area contributed by atoms with E-state index in [1.54, 1.807) is 17.5 Å². The largest absolute Gasteiger partial charge is 0.416 e. The summed E-state index contributed by atoms with van der Waals surface area (Å²) in [5, 5.41) is 6.83. The lowest BCUT2D eigenvalue weighted by Gasteiger charge is -2.16. The zero-order chi connectivity index (χ0) is 18.4. The van der Waals surface area contributed by atoms with Crippen LogP contribution in [-0.2, 0) is 17.5 Å². The number of carbonyl (C=O) groups is 2. The van der Waals surface area contributed by atoms with Gasteiger partial charge in [-0.05, 0) is 29.1 Å². The van der Waals surface area contributed by atoms with Crippen LogP contribution in [0.25, 0.3) is 0 Å². The first-order valence-corrected chi connectivity index (χ1v) is 8.16. The van der Waals surface area contributed by atoms with Crippen molar-refractivity contribution < 1.29 is 22.8 Å². The zero-order valence-corrected chi connectivity index (χ0v) is 13.8. The van der Waals surface area contributed by atoms with Gasteiger partial charge >= 0.3 is 12.2 Å². The standard InChI is InChI=1S/C16H16F3N3O2S/c17-16(18,19)11-4-1-3-10(7-11)9-21-14(23)8-12(22-15(20)24)13-5-2-6-25-13/h1-7,12H,8-9H2,(H,21,23)(H3,20,22,24)/t12-/m0/s1. The van der Waals surface area contributed by atoms with Crippen molar-refractivity contribution in [2.45, 2.75) is 25.2 Å². The van der Waals surface area contributed by atoms with E-state index in [0.717, 1.165) is 17.0 Å². The molecule has 0 saturated heterocycles.